The summed E-state index contributed by atoms with van der Waals surface area (Å²) in [4.78, 5) is 0. The molecule has 1 unspecified atom stereocenters. The number of aliphatic hydroxyl groups excluding tert-OH is 1. The number of rotatable bonds is 4. The third-order valence-corrected chi connectivity index (χ3v) is 3.76. The van der Waals surface area contributed by atoms with Crippen LogP contribution in [0.5, 0.6) is 0 Å². The number of ether oxygens (including phenoxy) is 4. The van der Waals surface area contributed by atoms with Gasteiger partial charge in [0.05, 0.1) is 12.7 Å². The summed E-state index contributed by atoms with van der Waals surface area (Å²) in [5.41, 5.74) is 0.995. The molecule has 1 aromatic rings. The van der Waals surface area contributed by atoms with Crippen LogP contribution >= 0.6 is 0 Å². The minimum Gasteiger partial charge on any atom is -0.375 e. The summed E-state index contributed by atoms with van der Waals surface area (Å²) in [5, 5.41) is 18.8. The second-order valence-electron chi connectivity index (χ2n) is 5.90. The normalized spacial score (nSPS) is 34.1. The lowest BCUT2D eigenvalue weighted by molar-refractivity contribution is -0.227. The van der Waals surface area contributed by atoms with Gasteiger partial charge in [0.25, 0.3) is 0 Å². The van der Waals surface area contributed by atoms with Crippen LogP contribution < -0.4 is 0 Å². The summed E-state index contributed by atoms with van der Waals surface area (Å²) in [7, 11) is 0. The number of hydrogen-bond acceptors (Lipinski definition) is 6. The average molecular weight is 305 g/mol. The Hall–Kier alpha value is -1.49. The molecule has 0 saturated carbocycles. The highest BCUT2D eigenvalue weighted by molar-refractivity contribution is 5.14. The van der Waals surface area contributed by atoms with Gasteiger partial charge in [0, 0.05) is 0 Å². The Morgan fingerprint density at radius 2 is 2.05 bits per heavy atom. The molecule has 0 radical (unpaired) electrons. The Labute approximate surface area is 129 Å². The lowest BCUT2D eigenvalue weighted by atomic mass is 10.1. The summed E-state index contributed by atoms with van der Waals surface area (Å²) >= 11 is 0. The zero-order chi connectivity index (χ0) is 15.7. The lowest BCUT2D eigenvalue weighted by Gasteiger charge is -2.26. The number of nitrogens with zero attached hydrogens (tertiary/aromatic N) is 1. The predicted molar refractivity (Wildman–Crippen MR) is 75.3 cm³/mol. The fourth-order valence-electron chi connectivity index (χ4n) is 2.79. The van der Waals surface area contributed by atoms with E-state index < -0.39 is 36.5 Å². The van der Waals surface area contributed by atoms with Gasteiger partial charge in [-0.1, -0.05) is 30.3 Å². The van der Waals surface area contributed by atoms with E-state index in [2.05, 4.69) is 0 Å². The maximum atomic E-state index is 9.83. The molecule has 1 N–H and O–H groups in total. The van der Waals surface area contributed by atoms with Crippen LogP contribution in [0.2, 0.25) is 0 Å². The van der Waals surface area contributed by atoms with Gasteiger partial charge in [-0.15, -0.1) is 0 Å². The Morgan fingerprint density at radius 3 is 2.73 bits per heavy atom. The molecule has 0 bridgehead atoms. The van der Waals surface area contributed by atoms with Gasteiger partial charge in [-0.3, -0.25) is 0 Å². The van der Waals surface area contributed by atoms with Crippen molar-refractivity contribution in [2.24, 2.45) is 0 Å². The number of benzene rings is 1. The van der Waals surface area contributed by atoms with Crippen molar-refractivity contribution in [1.82, 2.24) is 0 Å². The van der Waals surface area contributed by atoms with Crippen LogP contribution in [0.3, 0.4) is 0 Å². The van der Waals surface area contributed by atoms with Crippen LogP contribution in [-0.4, -0.2) is 41.6 Å². The second-order valence-corrected chi connectivity index (χ2v) is 5.90. The van der Waals surface area contributed by atoms with Crippen LogP contribution in [0.1, 0.15) is 19.4 Å². The fourth-order valence-corrected chi connectivity index (χ4v) is 2.79. The van der Waals surface area contributed by atoms with Gasteiger partial charge in [-0.05, 0) is 19.4 Å². The van der Waals surface area contributed by atoms with Gasteiger partial charge in [0.2, 0.25) is 0 Å². The van der Waals surface area contributed by atoms with E-state index in [9.17, 15) is 5.11 Å². The zero-order valence-electron chi connectivity index (χ0n) is 12.5. The van der Waals surface area contributed by atoms with Gasteiger partial charge in [0.1, 0.15) is 18.3 Å². The summed E-state index contributed by atoms with van der Waals surface area (Å²) in [6.45, 7) is 3.92. The number of fused-ring (bicyclic) bond motifs is 1. The second kappa shape index (κ2) is 5.95. The molecule has 6 heteroatoms. The molecule has 3 rings (SSSR count). The summed E-state index contributed by atoms with van der Waals surface area (Å²) in [6.07, 6.45) is -3.75. The number of nitriles is 1. The molecular weight excluding hydrogens is 286 g/mol. The highest BCUT2D eigenvalue weighted by Gasteiger charge is 2.57. The maximum Gasteiger partial charge on any atom is 0.190 e. The van der Waals surface area contributed by atoms with E-state index in [1.54, 1.807) is 19.9 Å². The van der Waals surface area contributed by atoms with E-state index in [-0.39, 0.29) is 0 Å². The van der Waals surface area contributed by atoms with Crippen molar-refractivity contribution < 1.29 is 24.1 Å². The van der Waals surface area contributed by atoms with E-state index >= 15 is 0 Å². The first-order valence-electron chi connectivity index (χ1n) is 7.24. The van der Waals surface area contributed by atoms with Crippen LogP contribution in [0.4, 0.5) is 0 Å². The summed E-state index contributed by atoms with van der Waals surface area (Å²) < 4.78 is 23.0. The number of hydrogen-bond donors (Lipinski definition) is 1. The van der Waals surface area contributed by atoms with Crippen LogP contribution in [0, 0.1) is 11.3 Å². The lowest BCUT2D eigenvalue weighted by Crippen LogP contribution is -2.42. The molecule has 0 aromatic heterocycles. The molecule has 5 atom stereocenters. The number of aliphatic hydroxyl groups is 1. The van der Waals surface area contributed by atoms with Crippen molar-refractivity contribution in [3.63, 3.8) is 0 Å². The Morgan fingerprint density at radius 1 is 1.32 bits per heavy atom. The smallest absolute Gasteiger partial charge is 0.190 e. The van der Waals surface area contributed by atoms with Gasteiger partial charge in [0.15, 0.2) is 18.2 Å². The largest absolute Gasteiger partial charge is 0.375 e. The minimum absolute atomic E-state index is 0.344. The quantitative estimate of drug-likeness (QED) is 0.845. The van der Waals surface area contributed by atoms with Gasteiger partial charge in [-0.2, -0.15) is 5.26 Å². The van der Waals surface area contributed by atoms with Crippen LogP contribution in [-0.2, 0) is 25.6 Å². The third-order valence-electron chi connectivity index (χ3n) is 3.76. The first kappa shape index (κ1) is 15.4. The molecule has 0 spiro atoms. The van der Waals surface area contributed by atoms with Crippen molar-refractivity contribution in [3.8, 4) is 6.07 Å². The van der Waals surface area contributed by atoms with Crippen LogP contribution in [0.15, 0.2) is 30.3 Å². The van der Waals surface area contributed by atoms with Crippen molar-refractivity contribution >= 4 is 0 Å². The van der Waals surface area contributed by atoms with E-state index in [1.807, 2.05) is 30.3 Å². The third kappa shape index (κ3) is 3.00. The molecule has 2 aliphatic rings. The SMILES string of the molecule is CC1(C)O[C@H]2O[C@H]([C@@H](O)C#N)C(OCc3ccccc3)[C@@H]2O1. The Bertz CT molecular complexity index is 555. The van der Waals surface area contributed by atoms with Crippen molar-refractivity contribution in [2.45, 2.75) is 56.9 Å². The molecular formula is C16H19NO5. The highest BCUT2D eigenvalue weighted by atomic mass is 16.8. The summed E-state index contributed by atoms with van der Waals surface area (Å²) in [5.74, 6) is -0.772. The minimum atomic E-state index is -1.29. The monoisotopic (exact) mass is 305 g/mol. The zero-order valence-corrected chi connectivity index (χ0v) is 12.5. The first-order valence-corrected chi connectivity index (χ1v) is 7.24. The fraction of sp³-hybridized carbons (Fsp3) is 0.562. The maximum absolute atomic E-state index is 9.83. The van der Waals surface area contributed by atoms with E-state index in [4.69, 9.17) is 24.2 Å². The molecule has 118 valence electrons. The first-order chi connectivity index (χ1) is 10.5. The van der Waals surface area contributed by atoms with Crippen LogP contribution in [0.25, 0.3) is 0 Å². The van der Waals surface area contributed by atoms with Gasteiger partial charge < -0.3 is 24.1 Å². The molecule has 0 aliphatic carbocycles. The molecule has 2 heterocycles. The molecule has 22 heavy (non-hydrogen) atoms. The molecule has 2 fully saturated rings. The topological polar surface area (TPSA) is 80.9 Å². The van der Waals surface area contributed by atoms with Gasteiger partial charge in [-0.25, -0.2) is 0 Å². The molecule has 1 aromatic carbocycles. The predicted octanol–water partition coefficient (Wildman–Crippen LogP) is 1.33. The highest BCUT2D eigenvalue weighted by Crippen LogP contribution is 2.39. The molecule has 2 saturated heterocycles. The van der Waals surface area contributed by atoms with Crippen molar-refractivity contribution in [3.05, 3.63) is 35.9 Å². The van der Waals surface area contributed by atoms with Crippen molar-refractivity contribution in [1.29, 1.82) is 5.26 Å². The van der Waals surface area contributed by atoms with E-state index in [0.29, 0.717) is 6.61 Å². The van der Waals surface area contributed by atoms with Gasteiger partial charge >= 0.3 is 0 Å². The molecule has 2 aliphatic heterocycles. The molecule has 0 amide bonds. The molecule has 6 nitrogen and oxygen atoms in total. The Balaban J connectivity index is 1.73. The average Bonchev–Trinajstić information content (AvgIpc) is 2.97. The van der Waals surface area contributed by atoms with E-state index in [1.165, 1.54) is 0 Å². The standard InChI is InChI=1S/C16H19NO5/c1-16(2)21-14-13(19-9-10-6-4-3-5-7-10)12(11(18)8-17)20-15(14)22-16/h3-7,11-15,18H,9H2,1-2H3/t11-,12+,13?,14-,15+/m0/s1. The van der Waals surface area contributed by atoms with Crippen molar-refractivity contribution in [2.75, 3.05) is 0 Å². The van der Waals surface area contributed by atoms with E-state index in [0.717, 1.165) is 5.56 Å². The summed E-state index contributed by atoms with van der Waals surface area (Å²) in [6, 6.07) is 11.4. The Kier molecular flexibility index (Phi) is 4.17.